The Bertz CT molecular complexity index is 1120. The molecule has 1 amide bonds. The normalized spacial score (nSPS) is 13.4. The lowest BCUT2D eigenvalue weighted by Crippen LogP contribution is -2.32. The van der Waals surface area contributed by atoms with Crippen molar-refractivity contribution in [1.29, 1.82) is 0 Å². The van der Waals surface area contributed by atoms with E-state index in [2.05, 4.69) is 11.6 Å². The van der Waals surface area contributed by atoms with Crippen LogP contribution < -0.4 is 5.56 Å². The molecule has 0 atom stereocenters. The van der Waals surface area contributed by atoms with Gasteiger partial charge in [0.2, 0.25) is 5.91 Å². The van der Waals surface area contributed by atoms with Crippen molar-refractivity contribution in [2.45, 2.75) is 45.2 Å². The summed E-state index contributed by atoms with van der Waals surface area (Å²) in [6, 6.07) is 3.76. The Kier molecular flexibility index (Phi) is 6.18. The maximum atomic E-state index is 13.0. The van der Waals surface area contributed by atoms with Gasteiger partial charge in [0.05, 0.1) is 22.6 Å². The molecule has 3 heterocycles. The van der Waals surface area contributed by atoms with Crippen molar-refractivity contribution in [3.8, 4) is 0 Å². The smallest absolute Gasteiger partial charge is 0.262 e. The van der Waals surface area contributed by atoms with E-state index >= 15 is 0 Å². The third kappa shape index (κ3) is 4.32. The average molecular weight is 448 g/mol. The first kappa shape index (κ1) is 20.3. The first-order valence-corrected chi connectivity index (χ1v) is 11.7. The van der Waals surface area contributed by atoms with Crippen LogP contribution in [-0.4, -0.2) is 26.9 Å². The van der Waals surface area contributed by atoms with Crippen molar-refractivity contribution in [3.63, 3.8) is 0 Å². The van der Waals surface area contributed by atoms with Crippen molar-refractivity contribution >= 4 is 50.4 Å². The van der Waals surface area contributed by atoms with E-state index in [9.17, 15) is 9.59 Å². The van der Waals surface area contributed by atoms with Gasteiger partial charge in [-0.1, -0.05) is 17.7 Å². The van der Waals surface area contributed by atoms with Gasteiger partial charge in [0, 0.05) is 29.3 Å². The SMILES string of the molecule is C=CCN(Cc1ccc(Cl)s1)C(=O)CCn1cnc2sc3c(c2c1=O)CCCC3. The maximum Gasteiger partial charge on any atom is 0.262 e. The Balaban J connectivity index is 1.50. The van der Waals surface area contributed by atoms with Crippen LogP contribution in [0.15, 0.2) is 35.9 Å². The molecule has 1 aliphatic carbocycles. The predicted molar refractivity (Wildman–Crippen MR) is 120 cm³/mol. The Morgan fingerprint density at radius 3 is 2.90 bits per heavy atom. The summed E-state index contributed by atoms with van der Waals surface area (Å²) in [5.41, 5.74) is 1.15. The summed E-state index contributed by atoms with van der Waals surface area (Å²) < 4.78 is 2.28. The van der Waals surface area contributed by atoms with Crippen LogP contribution in [0.25, 0.3) is 10.2 Å². The van der Waals surface area contributed by atoms with E-state index in [4.69, 9.17) is 11.6 Å². The van der Waals surface area contributed by atoms with Crippen molar-refractivity contribution in [3.05, 3.63) is 61.1 Å². The maximum absolute atomic E-state index is 13.0. The number of amides is 1. The topological polar surface area (TPSA) is 55.2 Å². The third-order valence-corrected chi connectivity index (χ3v) is 7.60. The second-order valence-corrected chi connectivity index (χ2v) is 10.0. The zero-order valence-corrected chi connectivity index (χ0v) is 18.4. The molecule has 0 N–H and O–H groups in total. The van der Waals surface area contributed by atoms with Crippen LogP contribution in [0, 0.1) is 0 Å². The van der Waals surface area contributed by atoms with Crippen LogP contribution in [0.5, 0.6) is 0 Å². The molecule has 0 fully saturated rings. The zero-order chi connectivity index (χ0) is 20.4. The Labute approximate surface area is 182 Å². The highest BCUT2D eigenvalue weighted by molar-refractivity contribution is 7.18. The standard InChI is InChI=1S/C21H22ClN3O2S2/c1-2-10-24(12-14-7-8-17(22)28-14)18(26)9-11-25-13-23-20-19(21(25)27)15-5-3-4-6-16(15)29-20/h2,7-8,13H,1,3-6,9-12H2. The molecule has 0 aliphatic heterocycles. The first-order chi connectivity index (χ1) is 14.1. The van der Waals surface area contributed by atoms with E-state index in [0.29, 0.717) is 24.0 Å². The number of carbonyl (C=O) groups excluding carboxylic acids is 1. The molecule has 1 aliphatic rings. The van der Waals surface area contributed by atoms with E-state index in [1.807, 2.05) is 12.1 Å². The van der Waals surface area contributed by atoms with E-state index in [1.54, 1.807) is 33.2 Å². The van der Waals surface area contributed by atoms with Crippen LogP contribution in [0.3, 0.4) is 0 Å². The monoisotopic (exact) mass is 447 g/mol. The second kappa shape index (κ2) is 8.81. The Hall–Kier alpha value is -1.96. The quantitative estimate of drug-likeness (QED) is 0.495. The van der Waals surface area contributed by atoms with Gasteiger partial charge in [-0.2, -0.15) is 0 Å². The lowest BCUT2D eigenvalue weighted by Gasteiger charge is -2.20. The van der Waals surface area contributed by atoms with E-state index < -0.39 is 0 Å². The number of aryl methyl sites for hydroxylation is 3. The highest BCUT2D eigenvalue weighted by atomic mass is 35.5. The number of aromatic nitrogens is 2. The molecule has 0 radical (unpaired) electrons. The van der Waals surface area contributed by atoms with E-state index in [1.165, 1.54) is 28.2 Å². The van der Waals surface area contributed by atoms with Crippen molar-refractivity contribution < 1.29 is 4.79 Å². The lowest BCUT2D eigenvalue weighted by atomic mass is 9.97. The summed E-state index contributed by atoms with van der Waals surface area (Å²) in [6.07, 6.45) is 7.82. The van der Waals surface area contributed by atoms with Crippen LogP contribution >= 0.6 is 34.3 Å². The molecule has 0 aromatic carbocycles. The third-order valence-electron chi connectivity index (χ3n) is 5.19. The summed E-state index contributed by atoms with van der Waals surface area (Å²) in [5.74, 6) is -0.0197. The van der Waals surface area contributed by atoms with Crippen LogP contribution in [0.2, 0.25) is 4.34 Å². The van der Waals surface area contributed by atoms with Gasteiger partial charge in [-0.05, 0) is 43.4 Å². The summed E-state index contributed by atoms with van der Waals surface area (Å²) in [5, 5.41) is 0.760. The molecule has 8 heteroatoms. The largest absolute Gasteiger partial charge is 0.334 e. The van der Waals surface area contributed by atoms with Gasteiger partial charge in [0.1, 0.15) is 4.83 Å². The van der Waals surface area contributed by atoms with Gasteiger partial charge in [-0.3, -0.25) is 14.2 Å². The molecule has 0 bridgehead atoms. The number of hydrogen-bond acceptors (Lipinski definition) is 5. The van der Waals surface area contributed by atoms with Crippen molar-refractivity contribution in [1.82, 2.24) is 14.5 Å². The number of nitrogens with zero attached hydrogens (tertiary/aromatic N) is 3. The van der Waals surface area contributed by atoms with Gasteiger partial charge >= 0.3 is 0 Å². The van der Waals surface area contributed by atoms with E-state index in [-0.39, 0.29) is 17.9 Å². The fourth-order valence-corrected chi connectivity index (χ4v) is 6.07. The molecule has 4 rings (SSSR count). The van der Waals surface area contributed by atoms with Gasteiger partial charge in [-0.25, -0.2) is 4.98 Å². The molecule has 0 saturated carbocycles. The molecule has 5 nitrogen and oxygen atoms in total. The molecule has 152 valence electrons. The minimum absolute atomic E-state index is 0.0197. The fraction of sp³-hybridized carbons (Fsp3) is 0.381. The first-order valence-electron chi connectivity index (χ1n) is 9.69. The molecule has 0 unspecified atom stereocenters. The average Bonchev–Trinajstić information content (AvgIpc) is 3.30. The van der Waals surface area contributed by atoms with Gasteiger partial charge in [0.15, 0.2) is 0 Å². The molecular formula is C21H22ClN3O2S2. The number of halogens is 1. The number of fused-ring (bicyclic) bond motifs is 3. The fourth-order valence-electron chi connectivity index (χ4n) is 3.75. The zero-order valence-electron chi connectivity index (χ0n) is 16.0. The summed E-state index contributed by atoms with van der Waals surface area (Å²) in [4.78, 5) is 35.2. The lowest BCUT2D eigenvalue weighted by molar-refractivity contribution is -0.131. The minimum atomic E-state index is -0.0255. The molecule has 3 aromatic rings. The van der Waals surface area contributed by atoms with Crippen molar-refractivity contribution in [2.24, 2.45) is 0 Å². The highest BCUT2D eigenvalue weighted by Gasteiger charge is 2.20. The summed E-state index contributed by atoms with van der Waals surface area (Å²) in [6.45, 7) is 5.02. The molecule has 3 aromatic heterocycles. The highest BCUT2D eigenvalue weighted by Crippen LogP contribution is 2.33. The predicted octanol–water partition coefficient (Wildman–Crippen LogP) is 4.66. The number of carbonyl (C=O) groups is 1. The second-order valence-electron chi connectivity index (χ2n) is 7.15. The number of hydrogen-bond donors (Lipinski definition) is 0. The van der Waals surface area contributed by atoms with Gasteiger partial charge in [-0.15, -0.1) is 29.3 Å². The molecule has 0 spiro atoms. The van der Waals surface area contributed by atoms with Gasteiger partial charge < -0.3 is 4.90 Å². The number of thiophene rings is 2. The van der Waals surface area contributed by atoms with Crippen molar-refractivity contribution in [2.75, 3.05) is 6.54 Å². The van der Waals surface area contributed by atoms with E-state index in [0.717, 1.165) is 34.4 Å². The summed E-state index contributed by atoms with van der Waals surface area (Å²) >= 11 is 9.10. The van der Waals surface area contributed by atoms with Gasteiger partial charge in [0.25, 0.3) is 5.56 Å². The Morgan fingerprint density at radius 1 is 1.31 bits per heavy atom. The molecular weight excluding hydrogens is 426 g/mol. The minimum Gasteiger partial charge on any atom is -0.334 e. The summed E-state index contributed by atoms with van der Waals surface area (Å²) in [7, 11) is 0. The van der Waals surface area contributed by atoms with Crippen LogP contribution in [-0.2, 0) is 30.7 Å². The van der Waals surface area contributed by atoms with Crippen LogP contribution in [0.1, 0.15) is 34.6 Å². The number of rotatable bonds is 7. The molecule has 29 heavy (non-hydrogen) atoms. The van der Waals surface area contributed by atoms with Crippen LogP contribution in [0.4, 0.5) is 0 Å². The molecule has 0 saturated heterocycles. The Morgan fingerprint density at radius 2 is 2.14 bits per heavy atom.